The largest absolute Gasteiger partial charge is 0.434 e. The fraction of sp³-hybridized carbons (Fsp3) is 1.00. The Labute approximate surface area is 245 Å². The van der Waals surface area contributed by atoms with Crippen LogP contribution in [0.4, 0.5) is 0 Å². The summed E-state index contributed by atoms with van der Waals surface area (Å²) in [4.78, 5) is 14.8. The molecule has 0 amide bonds. The van der Waals surface area contributed by atoms with Crippen molar-refractivity contribution >= 4 is 22.5 Å². The summed E-state index contributed by atoms with van der Waals surface area (Å²) in [6, 6.07) is 0. The van der Waals surface area contributed by atoms with Crippen molar-refractivity contribution in [1.29, 1.82) is 0 Å². The summed E-state index contributed by atoms with van der Waals surface area (Å²) in [5.41, 5.74) is 7.28. The average Bonchev–Trinajstić information content (AvgIpc) is 3.81. The molecule has 0 heterocycles. The molecule has 0 unspecified atom stereocenters. The zero-order chi connectivity index (χ0) is 26.3. The van der Waals surface area contributed by atoms with Crippen LogP contribution in [0.3, 0.4) is 0 Å². The van der Waals surface area contributed by atoms with Crippen molar-refractivity contribution in [1.82, 2.24) is 0 Å². The minimum Gasteiger partial charge on any atom is -0.434 e. The van der Waals surface area contributed by atoms with Crippen LogP contribution in [0.2, 0.25) is 38.8 Å². The highest BCUT2D eigenvalue weighted by Crippen LogP contribution is 2.73. The van der Waals surface area contributed by atoms with Crippen LogP contribution in [-0.2, 0) is 0 Å². The first-order chi connectivity index (χ1) is 19.2. The standard InChI is InChI=1S/C35H64OSi3/c36-38(32-21-7-8-22-32,33-23-9-10-24-33)39(34-25-11-12-26-34,35-27-13-14-28-35)37(29-15-1-2-16-29,30-17-3-4-18-30)31-19-5-6-20-31/h29-36H,1-28H2. The molecule has 7 aliphatic carbocycles. The lowest BCUT2D eigenvalue weighted by molar-refractivity contribution is 0.487. The molecule has 7 fully saturated rings. The smallest absolute Gasteiger partial charge is 0.180 e. The molecule has 0 bridgehead atoms. The summed E-state index contributed by atoms with van der Waals surface area (Å²) in [6.45, 7) is 0. The predicted molar refractivity (Wildman–Crippen MR) is 175 cm³/mol. The SMILES string of the molecule is O[Si](C1CCCC1)(C1CCCC1)[Si](C1CCCC1)(C1CCCC1)[Si](C1CCCC1)(C1CCCC1)C1CCCC1. The fourth-order valence-corrected chi connectivity index (χ4v) is 77.8. The van der Waals surface area contributed by atoms with E-state index in [4.69, 9.17) is 0 Å². The fourth-order valence-electron chi connectivity index (χ4n) is 14.8. The van der Waals surface area contributed by atoms with Crippen molar-refractivity contribution in [3.63, 3.8) is 0 Å². The highest BCUT2D eigenvalue weighted by molar-refractivity contribution is 7.70. The van der Waals surface area contributed by atoms with Gasteiger partial charge in [0.15, 0.2) is 7.83 Å². The molecule has 1 N–H and O–H groups in total. The molecule has 7 saturated carbocycles. The van der Waals surface area contributed by atoms with Crippen molar-refractivity contribution in [2.24, 2.45) is 0 Å². The number of hydrogen-bond acceptors (Lipinski definition) is 1. The zero-order valence-corrected chi connectivity index (χ0v) is 28.8. The van der Waals surface area contributed by atoms with E-state index in [2.05, 4.69) is 0 Å². The van der Waals surface area contributed by atoms with Crippen LogP contribution in [0.1, 0.15) is 180 Å². The van der Waals surface area contributed by atoms with E-state index in [0.717, 1.165) is 38.8 Å². The molecule has 222 valence electrons. The summed E-state index contributed by atoms with van der Waals surface area (Å²) < 4.78 is 0. The van der Waals surface area contributed by atoms with Crippen molar-refractivity contribution in [2.75, 3.05) is 0 Å². The Kier molecular flexibility index (Phi) is 8.70. The number of hydrogen-bond donors (Lipinski definition) is 1. The first-order valence-corrected chi connectivity index (χ1v) is 27.4. The molecule has 0 aromatic heterocycles. The molecule has 7 rings (SSSR count). The Morgan fingerprint density at radius 3 is 0.744 bits per heavy atom. The average molecular weight is 585 g/mol. The van der Waals surface area contributed by atoms with Gasteiger partial charge in [-0.3, -0.25) is 0 Å². The van der Waals surface area contributed by atoms with E-state index in [1.54, 1.807) is 103 Å². The van der Waals surface area contributed by atoms with Crippen molar-refractivity contribution in [3.05, 3.63) is 0 Å². The molecule has 0 aromatic carbocycles. The van der Waals surface area contributed by atoms with E-state index in [1.807, 2.05) is 0 Å². The van der Waals surface area contributed by atoms with Gasteiger partial charge in [-0.15, -0.1) is 0 Å². The molecular formula is C35H64OSi3. The summed E-state index contributed by atoms with van der Waals surface area (Å²) >= 11 is 0. The lowest BCUT2D eigenvalue weighted by atomic mass is 10.3. The third-order valence-electron chi connectivity index (χ3n) is 15.4. The third kappa shape index (κ3) is 4.31. The Morgan fingerprint density at radius 1 is 0.282 bits per heavy atom. The lowest BCUT2D eigenvalue weighted by Crippen LogP contribution is -2.86. The van der Waals surface area contributed by atoms with Crippen LogP contribution < -0.4 is 0 Å². The van der Waals surface area contributed by atoms with Gasteiger partial charge in [-0.2, -0.15) is 0 Å². The molecule has 0 aromatic rings. The lowest BCUT2D eigenvalue weighted by Gasteiger charge is -2.69. The first-order valence-electron chi connectivity index (χ1n) is 19.0. The minimum absolute atomic E-state index is 0.838. The molecule has 4 heteroatoms. The van der Waals surface area contributed by atoms with Crippen molar-refractivity contribution < 1.29 is 4.80 Å². The second-order valence-corrected chi connectivity index (χ2v) is 38.9. The van der Waals surface area contributed by atoms with Crippen LogP contribution in [0.25, 0.3) is 0 Å². The van der Waals surface area contributed by atoms with E-state index < -0.39 is 22.5 Å². The Hall–Kier alpha value is 0.611. The molecule has 0 spiro atoms. The Balaban J connectivity index is 1.55. The molecule has 7 aliphatic rings. The quantitative estimate of drug-likeness (QED) is 0.267. The molecule has 1 nitrogen and oxygen atoms in total. The molecule has 0 aliphatic heterocycles. The molecule has 0 radical (unpaired) electrons. The van der Waals surface area contributed by atoms with Gasteiger partial charge in [-0.1, -0.05) is 180 Å². The summed E-state index contributed by atoms with van der Waals surface area (Å²) in [6.07, 6.45) is 43.5. The van der Waals surface area contributed by atoms with Crippen molar-refractivity contribution in [2.45, 2.75) is 219 Å². The second kappa shape index (κ2) is 11.9. The predicted octanol–water partition coefficient (Wildman–Crippen LogP) is 11.6. The van der Waals surface area contributed by atoms with Gasteiger partial charge in [0.25, 0.3) is 0 Å². The van der Waals surface area contributed by atoms with Gasteiger partial charge < -0.3 is 4.80 Å². The second-order valence-electron chi connectivity index (χ2n) is 16.5. The normalized spacial score (nSPS) is 30.7. The van der Waals surface area contributed by atoms with Gasteiger partial charge in [-0.05, 0) is 38.8 Å². The van der Waals surface area contributed by atoms with E-state index in [1.165, 1.54) is 77.0 Å². The molecule has 0 saturated heterocycles. The summed E-state index contributed by atoms with van der Waals surface area (Å²) in [5.74, 6) is 0. The van der Waals surface area contributed by atoms with Gasteiger partial charge in [0, 0.05) is 0 Å². The van der Waals surface area contributed by atoms with E-state index in [9.17, 15) is 4.80 Å². The summed E-state index contributed by atoms with van der Waals surface area (Å²) in [5, 5.41) is 0. The highest BCUT2D eigenvalue weighted by atomic mass is 29.6. The first kappa shape index (κ1) is 28.4. The number of rotatable bonds is 9. The zero-order valence-electron chi connectivity index (χ0n) is 25.8. The maximum Gasteiger partial charge on any atom is 0.180 e. The van der Waals surface area contributed by atoms with Gasteiger partial charge in [-0.25, -0.2) is 0 Å². The summed E-state index contributed by atoms with van der Waals surface area (Å²) in [7, 11) is -6.11. The van der Waals surface area contributed by atoms with Crippen LogP contribution in [0, 0.1) is 0 Å². The monoisotopic (exact) mass is 584 g/mol. The van der Waals surface area contributed by atoms with Crippen LogP contribution in [0.15, 0.2) is 0 Å². The topological polar surface area (TPSA) is 20.2 Å². The van der Waals surface area contributed by atoms with Crippen LogP contribution in [-0.4, -0.2) is 27.3 Å². The third-order valence-corrected chi connectivity index (χ3v) is 58.1. The molecular weight excluding hydrogens is 521 g/mol. The van der Waals surface area contributed by atoms with Gasteiger partial charge in [0.05, 0.1) is 14.7 Å². The highest BCUT2D eigenvalue weighted by Gasteiger charge is 2.79. The van der Waals surface area contributed by atoms with Crippen molar-refractivity contribution in [3.8, 4) is 0 Å². The van der Waals surface area contributed by atoms with E-state index in [-0.39, 0.29) is 0 Å². The Bertz CT molecular complexity index is 714. The Morgan fingerprint density at radius 2 is 0.487 bits per heavy atom. The maximum atomic E-state index is 14.8. The van der Waals surface area contributed by atoms with Crippen LogP contribution in [0.5, 0.6) is 0 Å². The molecule has 0 atom stereocenters. The van der Waals surface area contributed by atoms with Gasteiger partial charge in [0.1, 0.15) is 0 Å². The van der Waals surface area contributed by atoms with E-state index >= 15 is 0 Å². The maximum absolute atomic E-state index is 14.8. The van der Waals surface area contributed by atoms with Crippen LogP contribution >= 0.6 is 0 Å². The minimum atomic E-state index is -2.43. The van der Waals surface area contributed by atoms with Gasteiger partial charge in [0.2, 0.25) is 0 Å². The van der Waals surface area contributed by atoms with Gasteiger partial charge >= 0.3 is 0 Å². The van der Waals surface area contributed by atoms with E-state index in [0.29, 0.717) is 0 Å². The molecule has 39 heavy (non-hydrogen) atoms.